The summed E-state index contributed by atoms with van der Waals surface area (Å²) in [5.41, 5.74) is 0. The van der Waals surface area contributed by atoms with Crippen molar-refractivity contribution in [1.82, 2.24) is 10.6 Å². The van der Waals surface area contributed by atoms with Gasteiger partial charge in [-0.2, -0.15) is 8.78 Å². The van der Waals surface area contributed by atoms with Crippen LogP contribution in [0.1, 0.15) is 0 Å². The summed E-state index contributed by atoms with van der Waals surface area (Å²) in [5.74, 6) is -2.08. The molecule has 0 bridgehead atoms. The first-order valence-corrected chi connectivity index (χ1v) is 3.73. The molecule has 0 aromatic carbocycles. The van der Waals surface area contributed by atoms with Crippen molar-refractivity contribution in [3.8, 4) is 0 Å². The molecule has 70 valence electrons. The van der Waals surface area contributed by atoms with E-state index < -0.39 is 23.2 Å². The van der Waals surface area contributed by atoms with Crippen molar-refractivity contribution >= 4 is 27.7 Å². The van der Waals surface area contributed by atoms with Crippen LogP contribution in [-0.4, -0.2) is 30.2 Å². The molecule has 0 spiro atoms. The Morgan fingerprint density at radius 2 is 2.00 bits per heavy atom. The van der Waals surface area contributed by atoms with Gasteiger partial charge in [0, 0.05) is 23.0 Å². The Labute approximate surface area is 75.8 Å². The Balaban J connectivity index is 3.81. The minimum Gasteiger partial charge on any atom is -0.358 e. The SMILES string of the molecule is CNC(=O)CNC(=O)C(F)(F)Br. The van der Waals surface area contributed by atoms with Gasteiger partial charge in [0.2, 0.25) is 5.91 Å². The van der Waals surface area contributed by atoms with Gasteiger partial charge < -0.3 is 10.6 Å². The highest BCUT2D eigenvalue weighted by Gasteiger charge is 2.34. The van der Waals surface area contributed by atoms with Crippen LogP contribution in [-0.2, 0) is 9.59 Å². The van der Waals surface area contributed by atoms with E-state index in [0.717, 1.165) is 0 Å². The molecule has 7 heteroatoms. The number of carbonyl (C=O) groups excluding carboxylic acids is 2. The quantitative estimate of drug-likeness (QED) is 0.678. The first-order chi connectivity index (χ1) is 5.38. The number of carbonyl (C=O) groups is 2. The van der Waals surface area contributed by atoms with Crippen molar-refractivity contribution in [2.24, 2.45) is 0 Å². The molecule has 0 aliphatic rings. The molecule has 2 amide bonds. The summed E-state index contributed by atoms with van der Waals surface area (Å²) in [6, 6.07) is 0. The third-order valence-corrected chi connectivity index (χ3v) is 1.31. The standard InChI is InChI=1S/C5H7BrF2N2O2/c1-9-3(11)2-10-4(12)5(6,7)8/h2H2,1H3,(H,9,11)(H,10,12). The lowest BCUT2D eigenvalue weighted by molar-refractivity contribution is -0.135. The zero-order valence-corrected chi connectivity index (χ0v) is 7.74. The molecule has 0 aromatic rings. The van der Waals surface area contributed by atoms with Crippen LogP contribution in [0.2, 0.25) is 0 Å². The smallest absolute Gasteiger partial charge is 0.358 e. The second kappa shape index (κ2) is 4.34. The van der Waals surface area contributed by atoms with Crippen LogP contribution in [0.4, 0.5) is 8.78 Å². The first kappa shape index (κ1) is 11.3. The van der Waals surface area contributed by atoms with Crippen LogP contribution in [0.15, 0.2) is 0 Å². The lowest BCUT2D eigenvalue weighted by Crippen LogP contribution is -2.41. The predicted molar refractivity (Wildman–Crippen MR) is 41.0 cm³/mol. The third-order valence-electron chi connectivity index (χ3n) is 0.946. The number of likely N-dealkylation sites (N-methyl/N-ethyl adjacent to an activating group) is 1. The van der Waals surface area contributed by atoms with E-state index in [0.29, 0.717) is 0 Å². The minimum atomic E-state index is -3.62. The zero-order valence-electron chi connectivity index (χ0n) is 6.16. The minimum absolute atomic E-state index is 0.462. The number of alkyl halides is 3. The normalized spacial score (nSPS) is 10.7. The molecule has 0 heterocycles. The van der Waals surface area contributed by atoms with Gasteiger partial charge in [0.1, 0.15) is 0 Å². The largest absolute Gasteiger partial charge is 0.377 e. The number of halogens is 3. The summed E-state index contributed by atoms with van der Waals surface area (Å²) in [6.07, 6.45) is 0. The Morgan fingerprint density at radius 1 is 1.50 bits per heavy atom. The Bertz CT molecular complexity index is 192. The molecule has 0 fully saturated rings. The van der Waals surface area contributed by atoms with Crippen LogP contribution < -0.4 is 10.6 Å². The number of rotatable bonds is 3. The third kappa shape index (κ3) is 4.22. The van der Waals surface area contributed by atoms with Crippen LogP contribution in [0.3, 0.4) is 0 Å². The monoisotopic (exact) mass is 244 g/mol. The molecule has 4 nitrogen and oxygen atoms in total. The van der Waals surface area contributed by atoms with E-state index in [1.54, 1.807) is 5.32 Å². The summed E-state index contributed by atoms with van der Waals surface area (Å²) >= 11 is 1.84. The lowest BCUT2D eigenvalue weighted by atomic mass is 10.5. The van der Waals surface area contributed by atoms with E-state index in [9.17, 15) is 18.4 Å². The molecule has 0 saturated heterocycles. The maximum absolute atomic E-state index is 12.0. The number of hydrogen-bond donors (Lipinski definition) is 2. The summed E-state index contributed by atoms with van der Waals surface area (Å²) in [5, 5.41) is 3.88. The Kier molecular flexibility index (Phi) is 4.08. The van der Waals surface area contributed by atoms with Crippen molar-refractivity contribution in [2.75, 3.05) is 13.6 Å². The molecular formula is C5H7BrF2N2O2. The molecule has 12 heavy (non-hydrogen) atoms. The molecule has 0 rings (SSSR count). The fourth-order valence-corrected chi connectivity index (χ4v) is 0.489. The van der Waals surface area contributed by atoms with Crippen molar-refractivity contribution in [3.63, 3.8) is 0 Å². The predicted octanol–water partition coefficient (Wildman–Crippen LogP) is -0.164. The van der Waals surface area contributed by atoms with E-state index in [1.165, 1.54) is 7.05 Å². The molecular weight excluding hydrogens is 238 g/mol. The lowest BCUT2D eigenvalue weighted by Gasteiger charge is -2.07. The molecule has 2 N–H and O–H groups in total. The second-order valence-electron chi connectivity index (χ2n) is 1.85. The van der Waals surface area contributed by atoms with Gasteiger partial charge in [-0.3, -0.25) is 9.59 Å². The van der Waals surface area contributed by atoms with Gasteiger partial charge in [-0.05, 0) is 0 Å². The summed E-state index contributed by atoms with van der Waals surface area (Å²) in [7, 11) is 1.33. The van der Waals surface area contributed by atoms with Crippen LogP contribution >= 0.6 is 15.9 Å². The fraction of sp³-hybridized carbons (Fsp3) is 0.600. The van der Waals surface area contributed by atoms with Gasteiger partial charge >= 0.3 is 10.7 Å². The molecule has 0 aromatic heterocycles. The topological polar surface area (TPSA) is 58.2 Å². The summed E-state index contributed by atoms with van der Waals surface area (Å²) in [6.45, 7) is -0.462. The van der Waals surface area contributed by atoms with E-state index in [4.69, 9.17) is 0 Å². The van der Waals surface area contributed by atoms with Crippen molar-refractivity contribution in [3.05, 3.63) is 0 Å². The van der Waals surface area contributed by atoms with Gasteiger partial charge in [-0.1, -0.05) is 0 Å². The summed E-state index contributed by atoms with van der Waals surface area (Å²) in [4.78, 5) is 17.2. The van der Waals surface area contributed by atoms with Crippen molar-refractivity contribution in [1.29, 1.82) is 0 Å². The highest BCUT2D eigenvalue weighted by Crippen LogP contribution is 2.20. The molecule has 0 atom stereocenters. The maximum atomic E-state index is 12.0. The molecule has 0 unspecified atom stereocenters. The molecule has 0 aliphatic heterocycles. The Morgan fingerprint density at radius 3 is 2.33 bits per heavy atom. The van der Waals surface area contributed by atoms with Crippen LogP contribution in [0.5, 0.6) is 0 Å². The van der Waals surface area contributed by atoms with E-state index in [2.05, 4.69) is 5.32 Å². The van der Waals surface area contributed by atoms with E-state index in [-0.39, 0.29) is 0 Å². The van der Waals surface area contributed by atoms with Crippen molar-refractivity contribution in [2.45, 2.75) is 4.83 Å². The summed E-state index contributed by atoms with van der Waals surface area (Å²) < 4.78 is 24.1. The number of nitrogens with one attached hydrogen (secondary N) is 2. The van der Waals surface area contributed by atoms with Gasteiger partial charge in [0.15, 0.2) is 0 Å². The van der Waals surface area contributed by atoms with Gasteiger partial charge in [0.05, 0.1) is 6.54 Å². The Hall–Kier alpha value is -0.720. The highest BCUT2D eigenvalue weighted by molar-refractivity contribution is 9.10. The van der Waals surface area contributed by atoms with E-state index in [1.807, 2.05) is 15.9 Å². The first-order valence-electron chi connectivity index (χ1n) is 2.93. The van der Waals surface area contributed by atoms with Gasteiger partial charge in [-0.25, -0.2) is 0 Å². The number of amides is 2. The second-order valence-corrected chi connectivity index (χ2v) is 2.85. The van der Waals surface area contributed by atoms with Crippen LogP contribution in [0, 0.1) is 0 Å². The zero-order chi connectivity index (χ0) is 9.78. The number of hydrogen-bond acceptors (Lipinski definition) is 2. The fourth-order valence-electron chi connectivity index (χ4n) is 0.349. The maximum Gasteiger partial charge on any atom is 0.377 e. The highest BCUT2D eigenvalue weighted by atomic mass is 79.9. The van der Waals surface area contributed by atoms with Gasteiger partial charge in [-0.15, -0.1) is 0 Å². The molecule has 0 radical (unpaired) electrons. The van der Waals surface area contributed by atoms with Gasteiger partial charge in [0.25, 0.3) is 0 Å². The average molecular weight is 245 g/mol. The molecule has 0 saturated carbocycles. The molecule has 0 aliphatic carbocycles. The van der Waals surface area contributed by atoms with E-state index >= 15 is 0 Å². The average Bonchev–Trinajstić information content (AvgIpc) is 1.97. The van der Waals surface area contributed by atoms with Crippen molar-refractivity contribution < 1.29 is 18.4 Å². The van der Waals surface area contributed by atoms with Crippen LogP contribution in [0.25, 0.3) is 0 Å².